The molecule has 1 aromatic rings. The molecule has 3 nitrogen and oxygen atoms in total. The molecule has 1 aliphatic heterocycles. The van der Waals surface area contributed by atoms with Gasteiger partial charge in [0, 0.05) is 19.1 Å². The van der Waals surface area contributed by atoms with E-state index in [-0.39, 0.29) is 0 Å². The summed E-state index contributed by atoms with van der Waals surface area (Å²) < 4.78 is 11.1. The first-order chi connectivity index (χ1) is 8.31. The lowest BCUT2D eigenvalue weighted by Gasteiger charge is -2.21. The maximum Gasteiger partial charge on any atom is 0.137 e. The summed E-state index contributed by atoms with van der Waals surface area (Å²) in [5.41, 5.74) is 5.79. The standard InChI is InChI=1S/C13H18ClNO2/c14-12-3-1-2-4-13(12)17-9-11(7-15)10-5-6-16-8-10/h1-4,10-11H,5-9,15H2. The highest BCUT2D eigenvalue weighted by Gasteiger charge is 2.25. The van der Waals surface area contributed by atoms with Crippen LogP contribution in [-0.2, 0) is 4.74 Å². The van der Waals surface area contributed by atoms with Crippen molar-refractivity contribution in [1.82, 2.24) is 0 Å². The monoisotopic (exact) mass is 255 g/mol. The number of ether oxygens (including phenoxy) is 2. The van der Waals surface area contributed by atoms with Crippen molar-refractivity contribution in [2.75, 3.05) is 26.4 Å². The molecule has 0 radical (unpaired) electrons. The van der Waals surface area contributed by atoms with Crippen LogP contribution >= 0.6 is 11.6 Å². The van der Waals surface area contributed by atoms with Crippen LogP contribution in [0.1, 0.15) is 6.42 Å². The Hall–Kier alpha value is -0.770. The van der Waals surface area contributed by atoms with Gasteiger partial charge in [-0.2, -0.15) is 0 Å². The Labute approximate surface area is 107 Å². The fourth-order valence-electron chi connectivity index (χ4n) is 2.08. The highest BCUT2D eigenvalue weighted by atomic mass is 35.5. The average molecular weight is 256 g/mol. The number of nitrogens with two attached hydrogens (primary N) is 1. The van der Waals surface area contributed by atoms with E-state index < -0.39 is 0 Å². The number of rotatable bonds is 5. The van der Waals surface area contributed by atoms with E-state index in [9.17, 15) is 0 Å². The van der Waals surface area contributed by atoms with E-state index in [1.54, 1.807) is 0 Å². The molecule has 0 bridgehead atoms. The van der Waals surface area contributed by atoms with Crippen LogP contribution in [0.3, 0.4) is 0 Å². The fraction of sp³-hybridized carbons (Fsp3) is 0.538. The minimum Gasteiger partial charge on any atom is -0.492 e. The highest BCUT2D eigenvalue weighted by molar-refractivity contribution is 6.32. The maximum absolute atomic E-state index is 6.03. The van der Waals surface area contributed by atoms with Crippen molar-refractivity contribution < 1.29 is 9.47 Å². The summed E-state index contributed by atoms with van der Waals surface area (Å²) in [6.45, 7) is 2.87. The minimum atomic E-state index is 0.341. The van der Waals surface area contributed by atoms with Crippen LogP contribution in [0.4, 0.5) is 0 Å². The first-order valence-electron chi connectivity index (χ1n) is 5.96. The van der Waals surface area contributed by atoms with Crippen LogP contribution in [-0.4, -0.2) is 26.4 Å². The van der Waals surface area contributed by atoms with Gasteiger partial charge >= 0.3 is 0 Å². The Morgan fingerprint density at radius 1 is 1.47 bits per heavy atom. The fourth-order valence-corrected chi connectivity index (χ4v) is 2.27. The lowest BCUT2D eigenvalue weighted by molar-refractivity contribution is 0.150. The Bertz CT molecular complexity index is 353. The van der Waals surface area contributed by atoms with Crippen LogP contribution < -0.4 is 10.5 Å². The van der Waals surface area contributed by atoms with Gasteiger partial charge in [0.15, 0.2) is 0 Å². The van der Waals surface area contributed by atoms with Gasteiger partial charge in [-0.15, -0.1) is 0 Å². The molecule has 4 heteroatoms. The zero-order valence-electron chi connectivity index (χ0n) is 9.77. The van der Waals surface area contributed by atoms with Gasteiger partial charge in [-0.05, 0) is 31.0 Å². The predicted octanol–water partition coefficient (Wildman–Crippen LogP) is 2.33. The van der Waals surface area contributed by atoms with E-state index in [0.29, 0.717) is 30.0 Å². The van der Waals surface area contributed by atoms with Gasteiger partial charge in [0.25, 0.3) is 0 Å². The average Bonchev–Trinajstić information content (AvgIpc) is 2.86. The van der Waals surface area contributed by atoms with E-state index in [0.717, 1.165) is 25.4 Å². The number of hydrogen-bond donors (Lipinski definition) is 1. The molecule has 2 N–H and O–H groups in total. The third kappa shape index (κ3) is 3.35. The summed E-state index contributed by atoms with van der Waals surface area (Å²) in [5, 5.41) is 0.644. The SMILES string of the molecule is NCC(COc1ccccc1Cl)C1CCOC1. The number of halogens is 1. The smallest absolute Gasteiger partial charge is 0.137 e. The lowest BCUT2D eigenvalue weighted by atomic mass is 9.92. The van der Waals surface area contributed by atoms with Crippen molar-refractivity contribution in [3.8, 4) is 5.75 Å². The topological polar surface area (TPSA) is 44.5 Å². The highest BCUT2D eigenvalue weighted by Crippen LogP contribution is 2.26. The molecule has 0 saturated carbocycles. The second-order valence-corrected chi connectivity index (χ2v) is 4.77. The number of hydrogen-bond acceptors (Lipinski definition) is 3. The van der Waals surface area contributed by atoms with Crippen LogP contribution in [0.5, 0.6) is 5.75 Å². The van der Waals surface area contributed by atoms with Crippen LogP contribution in [0.25, 0.3) is 0 Å². The Morgan fingerprint density at radius 2 is 2.29 bits per heavy atom. The second-order valence-electron chi connectivity index (χ2n) is 4.36. The molecule has 2 unspecified atom stereocenters. The molecule has 1 saturated heterocycles. The Kier molecular flexibility index (Phi) is 4.66. The molecular formula is C13H18ClNO2. The van der Waals surface area contributed by atoms with E-state index >= 15 is 0 Å². The quantitative estimate of drug-likeness (QED) is 0.878. The molecule has 0 aliphatic carbocycles. The van der Waals surface area contributed by atoms with Gasteiger partial charge < -0.3 is 15.2 Å². The number of para-hydroxylation sites is 1. The van der Waals surface area contributed by atoms with Gasteiger partial charge in [0.2, 0.25) is 0 Å². The van der Waals surface area contributed by atoms with Crippen LogP contribution in [0, 0.1) is 11.8 Å². The van der Waals surface area contributed by atoms with Crippen molar-refractivity contribution in [3.05, 3.63) is 29.3 Å². The molecule has 0 aromatic heterocycles. The van der Waals surface area contributed by atoms with E-state index in [2.05, 4.69) is 0 Å². The van der Waals surface area contributed by atoms with Gasteiger partial charge in [-0.3, -0.25) is 0 Å². The number of benzene rings is 1. The molecule has 2 atom stereocenters. The zero-order chi connectivity index (χ0) is 12.1. The molecule has 1 fully saturated rings. The molecule has 17 heavy (non-hydrogen) atoms. The van der Waals surface area contributed by atoms with Crippen molar-refractivity contribution in [2.24, 2.45) is 17.6 Å². The molecule has 94 valence electrons. The molecule has 1 aromatic carbocycles. The molecule has 1 heterocycles. The Morgan fingerprint density at radius 3 is 2.94 bits per heavy atom. The summed E-state index contributed by atoms with van der Waals surface area (Å²) in [4.78, 5) is 0. The van der Waals surface area contributed by atoms with Crippen LogP contribution in [0.2, 0.25) is 5.02 Å². The molecule has 0 amide bonds. The predicted molar refractivity (Wildman–Crippen MR) is 68.4 cm³/mol. The van der Waals surface area contributed by atoms with Gasteiger partial charge in [-0.25, -0.2) is 0 Å². The first kappa shape index (κ1) is 12.7. The van der Waals surface area contributed by atoms with Crippen molar-refractivity contribution >= 4 is 11.6 Å². The Balaban J connectivity index is 1.89. The van der Waals surface area contributed by atoms with Crippen molar-refractivity contribution in [1.29, 1.82) is 0 Å². The van der Waals surface area contributed by atoms with E-state index in [1.165, 1.54) is 0 Å². The minimum absolute atomic E-state index is 0.341. The second kappa shape index (κ2) is 6.24. The molecular weight excluding hydrogens is 238 g/mol. The summed E-state index contributed by atoms with van der Waals surface area (Å²) >= 11 is 6.03. The van der Waals surface area contributed by atoms with Gasteiger partial charge in [-0.1, -0.05) is 23.7 Å². The first-order valence-corrected chi connectivity index (χ1v) is 6.34. The van der Waals surface area contributed by atoms with Crippen LogP contribution in [0.15, 0.2) is 24.3 Å². The lowest BCUT2D eigenvalue weighted by Crippen LogP contribution is -2.29. The molecule has 0 spiro atoms. The van der Waals surface area contributed by atoms with Gasteiger partial charge in [0.05, 0.1) is 11.6 Å². The van der Waals surface area contributed by atoms with Gasteiger partial charge in [0.1, 0.15) is 5.75 Å². The largest absolute Gasteiger partial charge is 0.492 e. The van der Waals surface area contributed by atoms with E-state index in [1.807, 2.05) is 24.3 Å². The molecule has 2 rings (SSSR count). The third-order valence-corrected chi connectivity index (χ3v) is 3.54. The van der Waals surface area contributed by atoms with Crippen molar-refractivity contribution in [3.63, 3.8) is 0 Å². The summed E-state index contributed by atoms with van der Waals surface area (Å²) in [6.07, 6.45) is 1.08. The summed E-state index contributed by atoms with van der Waals surface area (Å²) in [6, 6.07) is 7.51. The summed E-state index contributed by atoms with van der Waals surface area (Å²) in [5.74, 6) is 1.59. The zero-order valence-corrected chi connectivity index (χ0v) is 10.5. The van der Waals surface area contributed by atoms with E-state index in [4.69, 9.17) is 26.8 Å². The third-order valence-electron chi connectivity index (χ3n) is 3.22. The summed E-state index contributed by atoms with van der Waals surface area (Å²) in [7, 11) is 0. The van der Waals surface area contributed by atoms with Crippen molar-refractivity contribution in [2.45, 2.75) is 6.42 Å². The maximum atomic E-state index is 6.03. The molecule has 1 aliphatic rings. The normalized spacial score (nSPS) is 21.4.